The number of ether oxygens (including phenoxy) is 6. The van der Waals surface area contributed by atoms with Gasteiger partial charge in [-0.15, -0.1) is 0 Å². The molecule has 4 rings (SSSR count). The highest BCUT2D eigenvalue weighted by atomic mass is 16.5. The van der Waals surface area contributed by atoms with Crippen molar-refractivity contribution < 1.29 is 28.4 Å². The van der Waals surface area contributed by atoms with Crippen molar-refractivity contribution in [3.05, 3.63) is 36.4 Å². The van der Waals surface area contributed by atoms with E-state index in [4.69, 9.17) is 45.6 Å². The molecule has 9 nitrogen and oxygen atoms in total. The first-order valence-electron chi connectivity index (χ1n) is 25.5. The fourth-order valence-corrected chi connectivity index (χ4v) is 8.17. The molecule has 0 amide bonds. The Morgan fingerprint density at radius 2 is 0.429 bits per heavy atom. The van der Waals surface area contributed by atoms with E-state index < -0.39 is 0 Å². The van der Waals surface area contributed by atoms with Crippen LogP contribution in [0.3, 0.4) is 0 Å². The maximum atomic E-state index is 6.65. The lowest BCUT2D eigenvalue weighted by Crippen LogP contribution is -2.05. The van der Waals surface area contributed by atoms with E-state index in [0.717, 1.165) is 202 Å². The topological polar surface area (TPSA) is 133 Å². The van der Waals surface area contributed by atoms with Gasteiger partial charge in [0, 0.05) is 0 Å². The van der Waals surface area contributed by atoms with Crippen molar-refractivity contribution >= 4 is 32.3 Å². The minimum atomic E-state index is 0.616. The largest absolute Gasteiger partial charge is 0.490 e. The first-order valence-corrected chi connectivity index (χ1v) is 25.5. The molecule has 0 bridgehead atoms. The number of benzene rings is 4. The molecular weight excluding hydrogens is 787 g/mol. The third kappa shape index (κ3) is 18.0. The van der Waals surface area contributed by atoms with Gasteiger partial charge in [-0.25, -0.2) is 0 Å². The van der Waals surface area contributed by atoms with Crippen molar-refractivity contribution in [3.63, 3.8) is 0 Å². The quantitative estimate of drug-likeness (QED) is 0.0296. The molecule has 0 aliphatic rings. The maximum absolute atomic E-state index is 6.65. The second-order valence-electron chi connectivity index (χ2n) is 17.4. The molecule has 0 saturated heterocycles. The van der Waals surface area contributed by atoms with Gasteiger partial charge in [0.15, 0.2) is 34.5 Å². The highest BCUT2D eigenvalue weighted by Gasteiger charge is 2.21. The lowest BCUT2D eigenvalue weighted by molar-refractivity contribution is 0.259. The van der Waals surface area contributed by atoms with Crippen LogP contribution >= 0.6 is 0 Å². The highest BCUT2D eigenvalue weighted by Crippen LogP contribution is 2.47. The van der Waals surface area contributed by atoms with Crippen LogP contribution in [0.5, 0.6) is 34.5 Å². The third-order valence-electron chi connectivity index (χ3n) is 12.0. The summed E-state index contributed by atoms with van der Waals surface area (Å²) in [5.74, 6) is 4.67. The fourth-order valence-electron chi connectivity index (χ4n) is 8.17. The number of fused-ring (bicyclic) bond motifs is 6. The van der Waals surface area contributed by atoms with Gasteiger partial charge in [-0.3, -0.25) is 0 Å². The van der Waals surface area contributed by atoms with E-state index >= 15 is 0 Å². The molecule has 4 aromatic carbocycles. The summed E-state index contributed by atoms with van der Waals surface area (Å²) in [5, 5.41) is 6.50. The normalized spacial score (nSPS) is 11.5. The summed E-state index contributed by atoms with van der Waals surface area (Å²) < 4.78 is 39.9. The van der Waals surface area contributed by atoms with Crippen LogP contribution < -0.4 is 45.6 Å². The molecule has 0 aromatic heterocycles. The molecule has 0 heterocycles. The van der Waals surface area contributed by atoms with Gasteiger partial charge in [0.2, 0.25) is 0 Å². The predicted molar refractivity (Wildman–Crippen MR) is 267 cm³/mol. The van der Waals surface area contributed by atoms with E-state index in [1.807, 2.05) is 0 Å². The molecule has 63 heavy (non-hydrogen) atoms. The van der Waals surface area contributed by atoms with Crippen LogP contribution in [0.25, 0.3) is 32.3 Å². The zero-order valence-electron chi connectivity index (χ0n) is 40.0. The molecule has 0 aliphatic heterocycles. The Morgan fingerprint density at radius 1 is 0.254 bits per heavy atom. The van der Waals surface area contributed by atoms with E-state index in [-0.39, 0.29) is 0 Å². The molecule has 0 atom stereocenters. The summed E-state index contributed by atoms with van der Waals surface area (Å²) in [6.45, 7) is 12.7. The summed E-state index contributed by atoms with van der Waals surface area (Å²) in [5.41, 5.74) is 17.4. The van der Waals surface area contributed by atoms with Crippen molar-refractivity contribution in [3.8, 4) is 34.5 Å². The van der Waals surface area contributed by atoms with Crippen LogP contribution in [-0.2, 0) is 0 Å². The lowest BCUT2D eigenvalue weighted by atomic mass is 9.93. The number of unbranched alkanes of at least 4 members (excludes halogenated alkanes) is 18. The van der Waals surface area contributed by atoms with E-state index in [9.17, 15) is 0 Å². The summed E-state index contributed by atoms with van der Waals surface area (Å²) in [7, 11) is 0. The molecule has 0 saturated carbocycles. The molecule has 0 unspecified atom stereocenters. The molecule has 0 aliphatic carbocycles. The molecule has 4 aromatic rings. The van der Waals surface area contributed by atoms with E-state index in [0.29, 0.717) is 39.6 Å². The standard InChI is InChI=1S/C54H87N3O6/c1-4-7-10-22-31-58-49-37-43-46(40-52(49)61-34-25-16-13-19-28-55)44-38-50(59-32-23-11-8-5-2)54(63-36-27-18-15-21-30-57)42-48(44)45-39-51(60-33-24-12-9-6-3)53(41-47(43)45)62-35-26-17-14-20-29-56/h37-42H,4-36,55-57H2,1-3H3. The average molecular weight is 874 g/mol. The van der Waals surface area contributed by atoms with Crippen molar-refractivity contribution in [1.82, 2.24) is 0 Å². The first-order chi connectivity index (χ1) is 31.1. The molecule has 354 valence electrons. The van der Waals surface area contributed by atoms with Crippen molar-refractivity contribution in [2.75, 3.05) is 59.3 Å². The Balaban J connectivity index is 1.93. The Morgan fingerprint density at radius 3 is 0.603 bits per heavy atom. The molecule has 9 heteroatoms. The van der Waals surface area contributed by atoms with Crippen molar-refractivity contribution in [2.24, 2.45) is 17.2 Å². The minimum absolute atomic E-state index is 0.616. The predicted octanol–water partition coefficient (Wildman–Crippen LogP) is 13.7. The number of rotatable bonds is 39. The second-order valence-corrected chi connectivity index (χ2v) is 17.4. The summed E-state index contributed by atoms with van der Waals surface area (Å²) >= 11 is 0. The number of hydrogen-bond acceptors (Lipinski definition) is 9. The number of hydrogen-bond donors (Lipinski definition) is 3. The smallest absolute Gasteiger partial charge is 0.161 e. The van der Waals surface area contributed by atoms with Gasteiger partial charge in [-0.1, -0.05) is 117 Å². The van der Waals surface area contributed by atoms with Crippen LogP contribution in [0, 0.1) is 0 Å². The molecule has 0 radical (unpaired) electrons. The van der Waals surface area contributed by atoms with Crippen molar-refractivity contribution in [2.45, 2.75) is 175 Å². The molecule has 6 N–H and O–H groups in total. The van der Waals surface area contributed by atoms with E-state index in [1.54, 1.807) is 0 Å². The van der Waals surface area contributed by atoms with Gasteiger partial charge in [0.05, 0.1) is 39.6 Å². The maximum Gasteiger partial charge on any atom is 0.161 e. The van der Waals surface area contributed by atoms with Crippen LogP contribution in [0.1, 0.15) is 175 Å². The van der Waals surface area contributed by atoms with Gasteiger partial charge >= 0.3 is 0 Å². The summed E-state index contributed by atoms with van der Waals surface area (Å²) in [6, 6.07) is 13.2. The molecular formula is C54H87N3O6. The lowest BCUT2D eigenvalue weighted by Gasteiger charge is -2.21. The van der Waals surface area contributed by atoms with Gasteiger partial charge in [-0.05, 0) is 146 Å². The van der Waals surface area contributed by atoms with Crippen LogP contribution in [0.2, 0.25) is 0 Å². The first kappa shape index (κ1) is 52.0. The Kier molecular flexibility index (Phi) is 26.5. The van der Waals surface area contributed by atoms with Crippen LogP contribution in [0.4, 0.5) is 0 Å². The van der Waals surface area contributed by atoms with Crippen LogP contribution in [0.15, 0.2) is 36.4 Å². The molecule has 0 spiro atoms. The van der Waals surface area contributed by atoms with E-state index in [2.05, 4.69) is 57.2 Å². The second kappa shape index (κ2) is 32.1. The average Bonchev–Trinajstić information content (AvgIpc) is 3.29. The molecule has 0 fully saturated rings. The zero-order valence-corrected chi connectivity index (χ0v) is 40.0. The highest BCUT2D eigenvalue weighted by molar-refractivity contribution is 6.26. The monoisotopic (exact) mass is 874 g/mol. The van der Waals surface area contributed by atoms with Crippen molar-refractivity contribution in [1.29, 1.82) is 0 Å². The van der Waals surface area contributed by atoms with E-state index in [1.165, 1.54) is 38.5 Å². The minimum Gasteiger partial charge on any atom is -0.490 e. The zero-order chi connectivity index (χ0) is 44.7. The van der Waals surface area contributed by atoms with Gasteiger partial charge < -0.3 is 45.6 Å². The van der Waals surface area contributed by atoms with Gasteiger partial charge in [0.25, 0.3) is 0 Å². The van der Waals surface area contributed by atoms with Gasteiger partial charge in [0.1, 0.15) is 0 Å². The Hall–Kier alpha value is -3.66. The Labute approximate surface area is 381 Å². The Bertz CT molecular complexity index is 1590. The SMILES string of the molecule is CCCCCCOc1cc2c(cc1OCCCCCCN)c1cc(OCCCCCC)c(OCCCCCCN)cc1c1cc(OCCCCCC)c(OCCCCCCN)cc21. The fraction of sp³-hybridized carbons (Fsp3) is 0.667. The summed E-state index contributed by atoms with van der Waals surface area (Å²) in [6.07, 6.45) is 26.1. The van der Waals surface area contributed by atoms with Crippen LogP contribution in [-0.4, -0.2) is 59.3 Å². The van der Waals surface area contributed by atoms with Gasteiger partial charge in [-0.2, -0.15) is 0 Å². The summed E-state index contributed by atoms with van der Waals surface area (Å²) in [4.78, 5) is 0. The third-order valence-corrected chi connectivity index (χ3v) is 12.0. The number of nitrogens with two attached hydrogens (primary N) is 3.